The molecule has 1 aromatic carbocycles. The molecule has 0 radical (unpaired) electrons. The van der Waals surface area contributed by atoms with E-state index in [1.807, 2.05) is 9.80 Å². The van der Waals surface area contributed by atoms with E-state index in [9.17, 15) is 23.1 Å². The zero-order chi connectivity index (χ0) is 31.0. The molecule has 1 aromatic heterocycles. The highest BCUT2D eigenvalue weighted by Crippen LogP contribution is 2.39. The Morgan fingerprint density at radius 3 is 2.55 bits per heavy atom. The molecule has 10 nitrogen and oxygen atoms in total. The number of morpholine rings is 1. The fraction of sp³-hybridized carbons (Fsp3) is 0.500. The molecule has 44 heavy (non-hydrogen) atoms. The third-order valence-corrected chi connectivity index (χ3v) is 8.51. The van der Waals surface area contributed by atoms with Gasteiger partial charge in [0.05, 0.1) is 35.7 Å². The Morgan fingerprint density at radius 2 is 1.86 bits per heavy atom. The summed E-state index contributed by atoms with van der Waals surface area (Å²) in [6.45, 7) is 4.50. The predicted octanol–water partition coefficient (Wildman–Crippen LogP) is 3.27. The first-order valence-electron chi connectivity index (χ1n) is 14.8. The van der Waals surface area contributed by atoms with Gasteiger partial charge in [-0.25, -0.2) is 14.4 Å². The van der Waals surface area contributed by atoms with Crippen molar-refractivity contribution in [3.05, 3.63) is 53.8 Å². The summed E-state index contributed by atoms with van der Waals surface area (Å²) < 4.78 is 62.5. The van der Waals surface area contributed by atoms with Crippen LogP contribution in [0.2, 0.25) is 0 Å². The van der Waals surface area contributed by atoms with Gasteiger partial charge in [-0.1, -0.05) is 0 Å². The average molecular weight is 618 g/mol. The van der Waals surface area contributed by atoms with Crippen LogP contribution in [0.5, 0.6) is 0 Å². The number of rotatable bonds is 8. The van der Waals surface area contributed by atoms with Gasteiger partial charge in [0.1, 0.15) is 12.0 Å². The SMILES string of the molecule is CN(CC1CC1)[C@@H]1CCN(c2cc(F)c(-c3cnc(N4CCOCC4)nc3)cc2NC(=O)C2=CNC(O)C=C2C(F)(F)F)C1. The third kappa shape index (κ3) is 6.66. The van der Waals surface area contributed by atoms with Crippen molar-refractivity contribution in [3.63, 3.8) is 0 Å². The lowest BCUT2D eigenvalue weighted by Crippen LogP contribution is -2.37. The highest BCUT2D eigenvalue weighted by atomic mass is 19.4. The molecule has 4 heterocycles. The van der Waals surface area contributed by atoms with Crippen LogP contribution in [0.25, 0.3) is 11.1 Å². The molecule has 2 saturated heterocycles. The van der Waals surface area contributed by atoms with E-state index < -0.39 is 35.3 Å². The minimum atomic E-state index is -4.88. The van der Waals surface area contributed by atoms with E-state index in [-0.39, 0.29) is 17.3 Å². The second-order valence-corrected chi connectivity index (χ2v) is 11.7. The van der Waals surface area contributed by atoms with Gasteiger partial charge in [-0.3, -0.25) is 4.79 Å². The normalized spacial score (nSPS) is 22.5. The Kier molecular flexibility index (Phi) is 8.49. The second-order valence-electron chi connectivity index (χ2n) is 11.7. The lowest BCUT2D eigenvalue weighted by molar-refractivity contribution is -0.115. The van der Waals surface area contributed by atoms with Crippen molar-refractivity contribution in [2.75, 3.05) is 68.1 Å². The van der Waals surface area contributed by atoms with Crippen LogP contribution in [-0.4, -0.2) is 97.3 Å². The van der Waals surface area contributed by atoms with Crippen LogP contribution in [0.4, 0.5) is 34.9 Å². The lowest BCUT2D eigenvalue weighted by Gasteiger charge is -2.27. The number of aliphatic hydroxyl groups is 1. The van der Waals surface area contributed by atoms with E-state index in [2.05, 4.69) is 32.5 Å². The average Bonchev–Trinajstić information content (AvgIpc) is 3.68. The number of benzene rings is 1. The standard InChI is InChI=1S/C30H35F4N7O3/c1-39(16-18-2-3-18)20-4-5-41(17-20)26-12-24(31)21(19-13-36-29(37-14-19)40-6-8-44-9-7-40)10-25(26)38-28(43)22-15-35-27(42)11-23(22)30(32,33)34/h10-15,18,20,27,35,42H,2-9,16-17H2,1H3,(H,38,43)/t20-,27?/m1/s1. The van der Waals surface area contributed by atoms with Crippen molar-refractivity contribution >= 4 is 23.2 Å². The number of dihydropyridines is 1. The number of nitrogens with zero attached hydrogens (tertiary/aromatic N) is 5. The van der Waals surface area contributed by atoms with Crippen LogP contribution in [0.3, 0.4) is 0 Å². The van der Waals surface area contributed by atoms with Crippen molar-refractivity contribution in [3.8, 4) is 11.1 Å². The predicted molar refractivity (Wildman–Crippen MR) is 156 cm³/mol. The van der Waals surface area contributed by atoms with E-state index in [0.29, 0.717) is 68.6 Å². The first-order valence-corrected chi connectivity index (χ1v) is 14.8. The van der Waals surface area contributed by atoms with Gasteiger partial charge in [0, 0.05) is 68.5 Å². The highest BCUT2D eigenvalue weighted by Gasteiger charge is 2.40. The summed E-state index contributed by atoms with van der Waals surface area (Å²) in [5.41, 5.74) is -0.988. The quantitative estimate of drug-likeness (QED) is 0.385. The Balaban J connectivity index is 1.31. The summed E-state index contributed by atoms with van der Waals surface area (Å²) in [4.78, 5) is 28.4. The van der Waals surface area contributed by atoms with Crippen molar-refractivity contribution in [1.82, 2.24) is 20.2 Å². The number of aliphatic hydroxyl groups excluding tert-OH is 1. The molecule has 3 aliphatic heterocycles. The van der Waals surface area contributed by atoms with Gasteiger partial charge in [-0.2, -0.15) is 13.2 Å². The van der Waals surface area contributed by atoms with Crippen LogP contribution in [-0.2, 0) is 9.53 Å². The highest BCUT2D eigenvalue weighted by molar-refractivity contribution is 6.09. The number of carbonyl (C=O) groups excluding carboxylic acids is 1. The van der Waals surface area contributed by atoms with Gasteiger partial charge in [0.2, 0.25) is 5.95 Å². The zero-order valence-electron chi connectivity index (χ0n) is 24.3. The number of carbonyl (C=O) groups is 1. The monoisotopic (exact) mass is 617 g/mol. The van der Waals surface area contributed by atoms with Crippen molar-refractivity contribution in [2.24, 2.45) is 5.92 Å². The van der Waals surface area contributed by atoms with Crippen molar-refractivity contribution < 1.29 is 32.2 Å². The molecule has 0 bridgehead atoms. The van der Waals surface area contributed by atoms with E-state index in [1.54, 1.807) is 0 Å². The number of hydrogen-bond donors (Lipinski definition) is 3. The molecule has 4 aliphatic rings. The molecule has 3 N–H and O–H groups in total. The number of hydrogen-bond acceptors (Lipinski definition) is 9. The number of halogens is 4. The Morgan fingerprint density at radius 1 is 1.14 bits per heavy atom. The van der Waals surface area contributed by atoms with E-state index >= 15 is 4.39 Å². The van der Waals surface area contributed by atoms with E-state index in [1.165, 1.54) is 37.4 Å². The third-order valence-electron chi connectivity index (χ3n) is 8.51. The molecule has 14 heteroatoms. The number of likely N-dealkylation sites (N-methyl/N-ethyl adjacent to an activating group) is 1. The minimum Gasteiger partial charge on any atom is -0.378 e. The Labute approximate surface area is 252 Å². The zero-order valence-corrected chi connectivity index (χ0v) is 24.3. The number of amides is 1. The molecule has 2 aromatic rings. The lowest BCUT2D eigenvalue weighted by atomic mass is 10.0. The van der Waals surface area contributed by atoms with E-state index in [4.69, 9.17) is 4.74 Å². The maximum atomic E-state index is 15.8. The molecular weight excluding hydrogens is 582 g/mol. The maximum absolute atomic E-state index is 15.8. The van der Waals surface area contributed by atoms with Crippen LogP contribution in [0.15, 0.2) is 47.9 Å². The Bertz CT molecular complexity index is 1440. The van der Waals surface area contributed by atoms with Gasteiger partial charge in [-0.15, -0.1) is 0 Å². The molecular formula is C30H35F4N7O3. The van der Waals surface area contributed by atoms with Gasteiger partial charge in [0.25, 0.3) is 5.91 Å². The molecule has 1 aliphatic carbocycles. The van der Waals surface area contributed by atoms with Gasteiger partial charge in [-0.05, 0) is 50.4 Å². The number of anilines is 3. The van der Waals surface area contributed by atoms with Crippen molar-refractivity contribution in [1.29, 1.82) is 0 Å². The fourth-order valence-corrected chi connectivity index (χ4v) is 5.88. The summed E-state index contributed by atoms with van der Waals surface area (Å²) in [6.07, 6.45) is 1.14. The topological polar surface area (TPSA) is 106 Å². The van der Waals surface area contributed by atoms with Gasteiger partial charge < -0.3 is 35.2 Å². The summed E-state index contributed by atoms with van der Waals surface area (Å²) >= 11 is 0. The Hall–Kier alpha value is -3.75. The van der Waals surface area contributed by atoms with Crippen LogP contribution in [0, 0.1) is 11.7 Å². The smallest absolute Gasteiger partial charge is 0.378 e. The van der Waals surface area contributed by atoms with Crippen LogP contribution in [0.1, 0.15) is 19.3 Å². The summed E-state index contributed by atoms with van der Waals surface area (Å²) in [5.74, 6) is -0.448. The van der Waals surface area contributed by atoms with E-state index in [0.717, 1.165) is 19.2 Å². The van der Waals surface area contributed by atoms with Gasteiger partial charge >= 0.3 is 6.18 Å². The number of ether oxygens (including phenoxy) is 1. The fourth-order valence-electron chi connectivity index (χ4n) is 5.88. The summed E-state index contributed by atoms with van der Waals surface area (Å²) in [6, 6.07) is 2.94. The molecule has 1 saturated carbocycles. The largest absolute Gasteiger partial charge is 0.417 e. The molecule has 1 unspecified atom stereocenters. The van der Waals surface area contributed by atoms with Gasteiger partial charge in [0.15, 0.2) is 0 Å². The molecule has 6 rings (SSSR count). The maximum Gasteiger partial charge on any atom is 0.417 e. The molecule has 236 valence electrons. The first kappa shape index (κ1) is 30.3. The number of alkyl halides is 3. The first-order chi connectivity index (χ1) is 21.1. The molecule has 1 amide bonds. The number of aromatic nitrogens is 2. The number of nitrogens with one attached hydrogen (secondary N) is 2. The minimum absolute atomic E-state index is 0.0944. The van der Waals surface area contributed by atoms with Crippen LogP contribution >= 0.6 is 0 Å². The molecule has 0 spiro atoms. The van der Waals surface area contributed by atoms with Crippen molar-refractivity contribution in [2.45, 2.75) is 37.7 Å². The second kappa shape index (κ2) is 12.3. The summed E-state index contributed by atoms with van der Waals surface area (Å²) in [7, 11) is 2.07. The summed E-state index contributed by atoms with van der Waals surface area (Å²) in [5, 5.41) is 14.7. The molecule has 3 fully saturated rings. The molecule has 2 atom stereocenters. The van der Waals surface area contributed by atoms with Crippen LogP contribution < -0.4 is 20.4 Å².